The zero-order valence-corrected chi connectivity index (χ0v) is 13.4. The maximum absolute atomic E-state index is 10.3. The average molecular weight is 282 g/mol. The van der Waals surface area contributed by atoms with Crippen LogP contribution in [0, 0.1) is 11.8 Å². The Morgan fingerprint density at radius 2 is 1.35 bits per heavy atom. The van der Waals surface area contributed by atoms with E-state index in [0.29, 0.717) is 6.42 Å². The standard InChI is InChI=1S/C18H34O2/c1-2-12-16-15-17(16)13-10-8-6-4-3-5-7-9-11-14-18(19)20/h16-17H,2-15H2,1H3,(H,19,20). The van der Waals surface area contributed by atoms with Crippen molar-refractivity contribution in [2.45, 2.75) is 96.8 Å². The van der Waals surface area contributed by atoms with E-state index in [9.17, 15) is 4.79 Å². The lowest BCUT2D eigenvalue weighted by Crippen LogP contribution is -1.93. The molecule has 0 radical (unpaired) electrons. The molecule has 2 heteroatoms. The first-order chi connectivity index (χ1) is 9.74. The predicted octanol–water partition coefficient (Wildman–Crippen LogP) is 5.80. The summed E-state index contributed by atoms with van der Waals surface area (Å²) in [4.78, 5) is 10.3. The van der Waals surface area contributed by atoms with Crippen LogP contribution in [0.5, 0.6) is 0 Å². The molecule has 2 nitrogen and oxygen atoms in total. The van der Waals surface area contributed by atoms with Crippen LogP contribution in [0.4, 0.5) is 0 Å². The van der Waals surface area contributed by atoms with Crippen molar-refractivity contribution in [1.82, 2.24) is 0 Å². The van der Waals surface area contributed by atoms with Gasteiger partial charge in [-0.05, 0) is 24.7 Å². The highest BCUT2D eigenvalue weighted by molar-refractivity contribution is 5.66. The molecule has 2 atom stereocenters. The van der Waals surface area contributed by atoms with Crippen molar-refractivity contribution in [3.05, 3.63) is 0 Å². The Morgan fingerprint density at radius 1 is 0.850 bits per heavy atom. The van der Waals surface area contributed by atoms with Crippen molar-refractivity contribution in [2.75, 3.05) is 0 Å². The number of unbranched alkanes of at least 4 members (excludes halogenated alkanes) is 8. The molecule has 1 fully saturated rings. The van der Waals surface area contributed by atoms with Gasteiger partial charge in [0.1, 0.15) is 0 Å². The maximum Gasteiger partial charge on any atom is 0.303 e. The Labute approximate surface area is 125 Å². The van der Waals surface area contributed by atoms with Gasteiger partial charge in [-0.25, -0.2) is 0 Å². The van der Waals surface area contributed by atoms with Crippen LogP contribution >= 0.6 is 0 Å². The Morgan fingerprint density at radius 3 is 1.90 bits per heavy atom. The molecule has 1 N–H and O–H groups in total. The number of carboxylic acid groups (broad SMARTS) is 1. The second-order valence-corrected chi connectivity index (χ2v) is 6.66. The fourth-order valence-electron chi connectivity index (χ4n) is 3.31. The van der Waals surface area contributed by atoms with Gasteiger partial charge in [-0.3, -0.25) is 4.79 Å². The number of rotatable bonds is 14. The highest BCUT2D eigenvalue weighted by Crippen LogP contribution is 2.45. The van der Waals surface area contributed by atoms with Gasteiger partial charge >= 0.3 is 5.97 Å². The van der Waals surface area contributed by atoms with Gasteiger partial charge in [-0.1, -0.05) is 77.6 Å². The van der Waals surface area contributed by atoms with Crippen LogP contribution in [0.3, 0.4) is 0 Å². The largest absolute Gasteiger partial charge is 0.481 e. The minimum absolute atomic E-state index is 0.347. The maximum atomic E-state index is 10.3. The molecule has 1 aliphatic rings. The highest BCUT2D eigenvalue weighted by atomic mass is 16.4. The highest BCUT2D eigenvalue weighted by Gasteiger charge is 2.34. The molecular formula is C18H34O2. The summed E-state index contributed by atoms with van der Waals surface area (Å²) in [6, 6.07) is 0. The number of hydrogen-bond acceptors (Lipinski definition) is 1. The summed E-state index contributed by atoms with van der Waals surface area (Å²) >= 11 is 0. The fourth-order valence-corrected chi connectivity index (χ4v) is 3.31. The molecule has 20 heavy (non-hydrogen) atoms. The smallest absolute Gasteiger partial charge is 0.303 e. The van der Waals surface area contributed by atoms with Gasteiger partial charge in [0.2, 0.25) is 0 Å². The van der Waals surface area contributed by atoms with Crippen LogP contribution in [-0.2, 0) is 4.79 Å². The summed E-state index contributed by atoms with van der Waals surface area (Å²) in [6.45, 7) is 2.30. The van der Waals surface area contributed by atoms with E-state index in [-0.39, 0.29) is 0 Å². The van der Waals surface area contributed by atoms with E-state index in [1.54, 1.807) is 0 Å². The van der Waals surface area contributed by atoms with Gasteiger partial charge in [0.05, 0.1) is 0 Å². The third-order valence-corrected chi connectivity index (χ3v) is 4.69. The molecule has 0 aromatic carbocycles. The van der Waals surface area contributed by atoms with Crippen LogP contribution in [-0.4, -0.2) is 11.1 Å². The molecular weight excluding hydrogens is 248 g/mol. The van der Waals surface area contributed by atoms with Crippen molar-refractivity contribution in [1.29, 1.82) is 0 Å². The van der Waals surface area contributed by atoms with Crippen molar-refractivity contribution in [3.8, 4) is 0 Å². The number of hydrogen-bond donors (Lipinski definition) is 1. The molecule has 0 aliphatic heterocycles. The molecule has 118 valence electrons. The summed E-state index contributed by atoms with van der Waals surface area (Å²) in [5.41, 5.74) is 0. The van der Waals surface area contributed by atoms with Gasteiger partial charge in [0, 0.05) is 6.42 Å². The van der Waals surface area contributed by atoms with Gasteiger partial charge < -0.3 is 5.11 Å². The van der Waals surface area contributed by atoms with Gasteiger partial charge in [0.25, 0.3) is 0 Å². The minimum atomic E-state index is -0.651. The minimum Gasteiger partial charge on any atom is -0.481 e. The average Bonchev–Trinajstić information content (AvgIpc) is 3.14. The summed E-state index contributed by atoms with van der Waals surface area (Å²) in [5, 5.41) is 8.53. The Hall–Kier alpha value is -0.530. The molecule has 1 rings (SSSR count). The van der Waals surface area contributed by atoms with Crippen molar-refractivity contribution in [3.63, 3.8) is 0 Å². The molecule has 0 heterocycles. The predicted molar refractivity (Wildman–Crippen MR) is 84.9 cm³/mol. The summed E-state index contributed by atoms with van der Waals surface area (Å²) in [7, 11) is 0. The van der Waals surface area contributed by atoms with E-state index < -0.39 is 5.97 Å². The van der Waals surface area contributed by atoms with Crippen LogP contribution in [0.1, 0.15) is 96.8 Å². The second-order valence-electron chi connectivity index (χ2n) is 6.66. The first kappa shape index (κ1) is 17.5. The summed E-state index contributed by atoms with van der Waals surface area (Å²) < 4.78 is 0. The third-order valence-electron chi connectivity index (χ3n) is 4.69. The zero-order valence-electron chi connectivity index (χ0n) is 13.4. The van der Waals surface area contributed by atoms with Crippen LogP contribution in [0.2, 0.25) is 0 Å². The number of carbonyl (C=O) groups is 1. The first-order valence-electron chi connectivity index (χ1n) is 8.95. The molecule has 1 saturated carbocycles. The van der Waals surface area contributed by atoms with Gasteiger partial charge in [-0.15, -0.1) is 0 Å². The Balaban J connectivity index is 1.70. The molecule has 0 bridgehead atoms. The van der Waals surface area contributed by atoms with E-state index in [2.05, 4.69) is 6.92 Å². The van der Waals surface area contributed by atoms with Gasteiger partial charge in [0.15, 0.2) is 0 Å². The van der Waals surface area contributed by atoms with Crippen molar-refractivity contribution in [2.24, 2.45) is 11.8 Å². The van der Waals surface area contributed by atoms with Crippen LogP contribution in [0.25, 0.3) is 0 Å². The molecule has 0 spiro atoms. The Bertz CT molecular complexity index is 250. The van der Waals surface area contributed by atoms with Crippen molar-refractivity contribution >= 4 is 5.97 Å². The van der Waals surface area contributed by atoms with E-state index >= 15 is 0 Å². The first-order valence-corrected chi connectivity index (χ1v) is 8.95. The van der Waals surface area contributed by atoms with Crippen LogP contribution in [0.15, 0.2) is 0 Å². The Kier molecular flexibility index (Phi) is 9.78. The molecule has 2 unspecified atom stereocenters. The van der Waals surface area contributed by atoms with Crippen molar-refractivity contribution < 1.29 is 9.90 Å². The zero-order chi connectivity index (χ0) is 14.6. The molecule has 0 amide bonds. The fraction of sp³-hybridized carbons (Fsp3) is 0.944. The number of carboxylic acids is 1. The van der Waals surface area contributed by atoms with E-state index in [4.69, 9.17) is 5.11 Å². The van der Waals surface area contributed by atoms with Crippen LogP contribution < -0.4 is 0 Å². The quantitative estimate of drug-likeness (QED) is 0.409. The topological polar surface area (TPSA) is 37.3 Å². The third kappa shape index (κ3) is 9.39. The molecule has 0 aromatic heterocycles. The SMILES string of the molecule is CCCC1CC1CCCCCCCCCCCC(=O)O. The molecule has 0 aromatic rings. The summed E-state index contributed by atoms with van der Waals surface area (Å²) in [6.07, 6.45) is 17.6. The second kappa shape index (κ2) is 11.2. The lowest BCUT2D eigenvalue weighted by Gasteiger charge is -2.02. The van der Waals surface area contributed by atoms with Gasteiger partial charge in [-0.2, -0.15) is 0 Å². The summed E-state index contributed by atoms with van der Waals surface area (Å²) in [5.74, 6) is 1.52. The lowest BCUT2D eigenvalue weighted by atomic mass is 10.0. The van der Waals surface area contributed by atoms with E-state index in [1.165, 1.54) is 70.6 Å². The monoisotopic (exact) mass is 282 g/mol. The normalized spacial score (nSPS) is 21.1. The van der Waals surface area contributed by atoms with E-state index in [0.717, 1.165) is 24.7 Å². The number of aliphatic carboxylic acids is 1. The lowest BCUT2D eigenvalue weighted by molar-refractivity contribution is -0.137. The molecule has 1 aliphatic carbocycles. The van der Waals surface area contributed by atoms with E-state index in [1.807, 2.05) is 0 Å². The molecule has 0 saturated heterocycles.